The lowest BCUT2D eigenvalue weighted by Gasteiger charge is -2.35. The average Bonchev–Trinajstić information content (AvgIpc) is 3.02. The Morgan fingerprint density at radius 3 is 2.47 bits per heavy atom. The molecule has 1 saturated heterocycles. The lowest BCUT2D eigenvalue weighted by molar-refractivity contribution is 0.0734. The van der Waals surface area contributed by atoms with E-state index in [1.165, 1.54) is 5.69 Å². The van der Waals surface area contributed by atoms with E-state index in [9.17, 15) is 4.79 Å². The maximum atomic E-state index is 12.0. The molecule has 0 radical (unpaired) electrons. The van der Waals surface area contributed by atoms with Gasteiger partial charge in [0.05, 0.1) is 0 Å². The van der Waals surface area contributed by atoms with Gasteiger partial charge in [-0.15, -0.1) is 10.2 Å². The zero-order chi connectivity index (χ0) is 13.1. The van der Waals surface area contributed by atoms with Crippen molar-refractivity contribution in [3.63, 3.8) is 0 Å². The second-order valence-electron chi connectivity index (χ2n) is 4.35. The first kappa shape index (κ1) is 11.6. The summed E-state index contributed by atoms with van der Waals surface area (Å²) in [6, 6.07) is 10.2. The molecule has 0 aliphatic carbocycles. The van der Waals surface area contributed by atoms with E-state index in [2.05, 4.69) is 37.7 Å². The summed E-state index contributed by atoms with van der Waals surface area (Å²) in [7, 11) is 0. The Kier molecular flexibility index (Phi) is 3.09. The van der Waals surface area contributed by atoms with Gasteiger partial charge < -0.3 is 9.80 Å². The zero-order valence-corrected chi connectivity index (χ0v) is 10.4. The molecule has 0 spiro atoms. The highest BCUT2D eigenvalue weighted by molar-refractivity contribution is 5.90. The average molecular weight is 258 g/mol. The Balaban J connectivity index is 1.62. The number of para-hydroxylation sites is 1. The summed E-state index contributed by atoms with van der Waals surface area (Å²) in [6.07, 6.45) is 0. The van der Waals surface area contributed by atoms with Gasteiger partial charge in [-0.05, 0) is 17.3 Å². The van der Waals surface area contributed by atoms with Crippen molar-refractivity contribution < 1.29 is 4.79 Å². The minimum absolute atomic E-state index is 0.133. The van der Waals surface area contributed by atoms with Crippen molar-refractivity contribution in [3.05, 3.63) is 36.2 Å². The van der Waals surface area contributed by atoms with Crippen LogP contribution < -0.4 is 4.90 Å². The number of aromatic nitrogens is 4. The lowest BCUT2D eigenvalue weighted by Crippen LogP contribution is -2.49. The predicted molar refractivity (Wildman–Crippen MR) is 68.7 cm³/mol. The molecule has 3 rings (SSSR count). The highest BCUT2D eigenvalue weighted by atomic mass is 16.2. The number of amides is 1. The number of nitrogens with one attached hydrogen (secondary N) is 1. The molecule has 0 atom stereocenters. The third kappa shape index (κ3) is 2.40. The molecular weight excluding hydrogens is 244 g/mol. The Hall–Kier alpha value is -2.44. The molecule has 1 aromatic heterocycles. The van der Waals surface area contributed by atoms with Crippen molar-refractivity contribution in [1.29, 1.82) is 0 Å². The smallest absolute Gasteiger partial charge is 0.295 e. The number of hydrogen-bond acceptors (Lipinski definition) is 5. The van der Waals surface area contributed by atoms with Crippen molar-refractivity contribution in [1.82, 2.24) is 25.5 Å². The fourth-order valence-electron chi connectivity index (χ4n) is 2.20. The summed E-state index contributed by atoms with van der Waals surface area (Å²) < 4.78 is 0. The van der Waals surface area contributed by atoms with Crippen LogP contribution in [0.15, 0.2) is 30.3 Å². The van der Waals surface area contributed by atoms with Crippen molar-refractivity contribution >= 4 is 11.6 Å². The number of piperazine rings is 1. The summed E-state index contributed by atoms with van der Waals surface area (Å²) in [5.41, 5.74) is 1.19. The van der Waals surface area contributed by atoms with E-state index in [4.69, 9.17) is 0 Å². The molecule has 2 heterocycles. The van der Waals surface area contributed by atoms with Crippen LogP contribution in [0.25, 0.3) is 0 Å². The molecule has 0 bridgehead atoms. The number of hydrogen-bond donors (Lipinski definition) is 1. The van der Waals surface area contributed by atoms with Gasteiger partial charge >= 0.3 is 0 Å². The van der Waals surface area contributed by atoms with E-state index in [0.717, 1.165) is 13.1 Å². The fourth-order valence-corrected chi connectivity index (χ4v) is 2.20. The minimum atomic E-state index is -0.165. The number of anilines is 1. The quantitative estimate of drug-likeness (QED) is 0.830. The Bertz CT molecular complexity index is 533. The van der Waals surface area contributed by atoms with E-state index >= 15 is 0 Å². The largest absolute Gasteiger partial charge is 0.368 e. The summed E-state index contributed by atoms with van der Waals surface area (Å²) in [5, 5.41) is 13.1. The first-order valence-corrected chi connectivity index (χ1v) is 6.17. The molecule has 0 unspecified atom stereocenters. The molecule has 7 nitrogen and oxygen atoms in total. The minimum Gasteiger partial charge on any atom is -0.368 e. The maximum Gasteiger partial charge on any atom is 0.295 e. The van der Waals surface area contributed by atoms with Crippen molar-refractivity contribution in [2.24, 2.45) is 0 Å². The van der Waals surface area contributed by atoms with E-state index in [1.807, 2.05) is 18.2 Å². The monoisotopic (exact) mass is 258 g/mol. The summed E-state index contributed by atoms with van der Waals surface area (Å²) >= 11 is 0. The molecule has 1 N–H and O–H groups in total. The van der Waals surface area contributed by atoms with Gasteiger partial charge in [0.15, 0.2) is 0 Å². The van der Waals surface area contributed by atoms with Crippen LogP contribution >= 0.6 is 0 Å². The maximum absolute atomic E-state index is 12.0. The van der Waals surface area contributed by atoms with Crippen molar-refractivity contribution in [2.45, 2.75) is 0 Å². The molecule has 1 amide bonds. The normalized spacial score (nSPS) is 15.6. The zero-order valence-electron chi connectivity index (χ0n) is 10.4. The van der Waals surface area contributed by atoms with E-state index < -0.39 is 0 Å². The van der Waals surface area contributed by atoms with Crippen LogP contribution in [-0.4, -0.2) is 57.6 Å². The Morgan fingerprint density at radius 2 is 1.84 bits per heavy atom. The summed E-state index contributed by atoms with van der Waals surface area (Å²) in [6.45, 7) is 2.96. The predicted octanol–water partition coefficient (Wildman–Crippen LogP) is 0.162. The van der Waals surface area contributed by atoms with Crippen molar-refractivity contribution in [2.75, 3.05) is 31.1 Å². The second kappa shape index (κ2) is 5.05. The number of tetrazole rings is 1. The van der Waals surface area contributed by atoms with Crippen LogP contribution in [0.1, 0.15) is 10.6 Å². The highest BCUT2D eigenvalue weighted by Gasteiger charge is 2.24. The molecule has 1 aromatic carbocycles. The van der Waals surface area contributed by atoms with E-state index in [-0.39, 0.29) is 11.7 Å². The third-order valence-electron chi connectivity index (χ3n) is 3.22. The fraction of sp³-hybridized carbons (Fsp3) is 0.333. The number of rotatable bonds is 2. The van der Waals surface area contributed by atoms with Gasteiger partial charge in [0.25, 0.3) is 11.7 Å². The first-order valence-electron chi connectivity index (χ1n) is 6.17. The molecular formula is C12H14N6O. The van der Waals surface area contributed by atoms with Gasteiger partial charge in [-0.1, -0.05) is 18.2 Å². The summed E-state index contributed by atoms with van der Waals surface area (Å²) in [5.74, 6) is -0.0328. The number of carbonyl (C=O) groups excluding carboxylic acids is 1. The first-order chi connectivity index (χ1) is 9.34. The van der Waals surface area contributed by atoms with Crippen LogP contribution in [0.2, 0.25) is 0 Å². The SMILES string of the molecule is O=C(c1nn[nH]n1)N1CCN(c2ccccc2)CC1. The van der Waals surface area contributed by atoms with Crippen LogP contribution in [0.3, 0.4) is 0 Å². The van der Waals surface area contributed by atoms with Crippen molar-refractivity contribution in [3.8, 4) is 0 Å². The van der Waals surface area contributed by atoms with Gasteiger partial charge in [0.1, 0.15) is 0 Å². The topological polar surface area (TPSA) is 78.0 Å². The number of carbonyl (C=O) groups is 1. The summed E-state index contributed by atoms with van der Waals surface area (Å²) in [4.78, 5) is 16.0. The molecule has 1 aliphatic rings. The van der Waals surface area contributed by atoms with Crippen LogP contribution in [0, 0.1) is 0 Å². The Morgan fingerprint density at radius 1 is 1.11 bits per heavy atom. The number of H-pyrrole nitrogens is 1. The lowest BCUT2D eigenvalue weighted by atomic mass is 10.2. The van der Waals surface area contributed by atoms with E-state index in [0.29, 0.717) is 13.1 Å². The number of aromatic amines is 1. The number of benzene rings is 1. The molecule has 1 aliphatic heterocycles. The van der Waals surface area contributed by atoms with Gasteiger partial charge in [0.2, 0.25) is 0 Å². The van der Waals surface area contributed by atoms with Gasteiger partial charge in [0, 0.05) is 31.9 Å². The van der Waals surface area contributed by atoms with Crippen LogP contribution in [0.5, 0.6) is 0 Å². The molecule has 2 aromatic rings. The second-order valence-corrected chi connectivity index (χ2v) is 4.35. The van der Waals surface area contributed by atoms with Crippen LogP contribution in [-0.2, 0) is 0 Å². The van der Waals surface area contributed by atoms with E-state index in [1.54, 1.807) is 4.90 Å². The third-order valence-corrected chi connectivity index (χ3v) is 3.22. The molecule has 0 saturated carbocycles. The van der Waals surface area contributed by atoms with Gasteiger partial charge in [-0.2, -0.15) is 5.21 Å². The highest BCUT2D eigenvalue weighted by Crippen LogP contribution is 2.15. The van der Waals surface area contributed by atoms with Gasteiger partial charge in [-0.25, -0.2) is 0 Å². The molecule has 7 heteroatoms. The van der Waals surface area contributed by atoms with Gasteiger partial charge in [-0.3, -0.25) is 4.79 Å². The number of nitrogens with zero attached hydrogens (tertiary/aromatic N) is 5. The standard InChI is InChI=1S/C12H14N6O/c19-12(11-13-15-16-14-11)18-8-6-17(7-9-18)10-4-2-1-3-5-10/h1-5H,6-9H2,(H,13,14,15,16). The molecule has 98 valence electrons. The molecule has 1 fully saturated rings. The Labute approximate surface area is 110 Å². The molecule has 19 heavy (non-hydrogen) atoms. The van der Waals surface area contributed by atoms with Crippen LogP contribution in [0.4, 0.5) is 5.69 Å².